The zero-order chi connectivity index (χ0) is 20.3. The quantitative estimate of drug-likeness (QED) is 0.626. The van der Waals surface area contributed by atoms with Crippen molar-refractivity contribution in [3.8, 4) is 11.5 Å². The molecule has 0 N–H and O–H groups in total. The monoisotopic (exact) mass is 402 g/mol. The molecular weight excluding hydrogens is 384 g/mol. The third-order valence-electron chi connectivity index (χ3n) is 3.99. The lowest BCUT2D eigenvalue weighted by molar-refractivity contribution is 0.0956. The minimum atomic E-state index is -4.15. The molecule has 0 amide bonds. The number of ether oxygens (including phenoxy) is 2. The maximum atomic E-state index is 12.7. The van der Waals surface area contributed by atoms with Crippen molar-refractivity contribution in [1.29, 1.82) is 0 Å². The molecule has 1 aromatic heterocycles. The first-order valence-corrected chi connectivity index (χ1v) is 9.79. The second-order valence-corrected chi connectivity index (χ2v) is 7.50. The third kappa shape index (κ3) is 3.56. The van der Waals surface area contributed by atoms with E-state index in [2.05, 4.69) is 0 Å². The van der Waals surface area contributed by atoms with E-state index in [9.17, 15) is 18.0 Å². The van der Waals surface area contributed by atoms with Crippen LogP contribution in [-0.2, 0) is 10.0 Å². The molecule has 0 spiro atoms. The molecule has 146 valence electrons. The Morgan fingerprint density at radius 2 is 1.57 bits per heavy atom. The molecule has 0 saturated heterocycles. The fourth-order valence-electron chi connectivity index (χ4n) is 2.56. The van der Waals surface area contributed by atoms with Gasteiger partial charge in [0.15, 0.2) is 0 Å². The fourth-order valence-corrected chi connectivity index (χ4v) is 3.77. The van der Waals surface area contributed by atoms with Crippen LogP contribution in [0.1, 0.15) is 17.3 Å². The summed E-state index contributed by atoms with van der Waals surface area (Å²) in [7, 11) is -2.69. The van der Waals surface area contributed by atoms with Crippen molar-refractivity contribution in [1.82, 2.24) is 8.54 Å². The van der Waals surface area contributed by atoms with E-state index >= 15 is 0 Å². The lowest BCUT2D eigenvalue weighted by Gasteiger charge is -2.06. The summed E-state index contributed by atoms with van der Waals surface area (Å²) < 4.78 is 37.0. The van der Waals surface area contributed by atoms with E-state index in [0.29, 0.717) is 22.1 Å². The van der Waals surface area contributed by atoms with Gasteiger partial charge in [0.05, 0.1) is 18.6 Å². The molecule has 0 aliphatic carbocycles. The Morgan fingerprint density at radius 3 is 2.14 bits per heavy atom. The standard InChI is InChI=1S/C19H18N2O6S/c1-3-27-16-6-4-14(5-7-16)18(22)20-12-13-21(19(20)23)28(24,25)17-10-8-15(26-2)9-11-17/h4-13H,3H2,1-2H3. The normalized spacial score (nSPS) is 11.2. The zero-order valence-corrected chi connectivity index (χ0v) is 16.0. The SMILES string of the molecule is CCOc1ccc(C(=O)n2ccn(S(=O)(=O)c3ccc(OC)cc3)c2=O)cc1. The minimum absolute atomic E-state index is 0.0957. The van der Waals surface area contributed by atoms with E-state index in [-0.39, 0.29) is 10.5 Å². The Labute approximate surface area is 161 Å². The number of imidazole rings is 1. The summed E-state index contributed by atoms with van der Waals surface area (Å²) in [5.41, 5.74) is -0.750. The summed E-state index contributed by atoms with van der Waals surface area (Å²) in [6.45, 7) is 2.32. The van der Waals surface area contributed by atoms with Gasteiger partial charge in [-0.2, -0.15) is 3.97 Å². The average molecular weight is 402 g/mol. The molecule has 3 aromatic rings. The topological polar surface area (TPSA) is 96.6 Å². The largest absolute Gasteiger partial charge is 0.497 e. The molecule has 3 rings (SSSR count). The number of carbonyl (C=O) groups excluding carboxylic acids is 1. The number of carbonyl (C=O) groups is 1. The Morgan fingerprint density at radius 1 is 0.964 bits per heavy atom. The number of hydrogen-bond acceptors (Lipinski definition) is 6. The van der Waals surface area contributed by atoms with Gasteiger partial charge in [-0.25, -0.2) is 17.8 Å². The van der Waals surface area contributed by atoms with Gasteiger partial charge in [-0.3, -0.25) is 4.79 Å². The van der Waals surface area contributed by atoms with Crippen LogP contribution in [-0.4, -0.2) is 36.6 Å². The molecule has 0 bridgehead atoms. The third-order valence-corrected chi connectivity index (χ3v) is 5.66. The van der Waals surface area contributed by atoms with Crippen molar-refractivity contribution < 1.29 is 22.7 Å². The molecule has 0 atom stereocenters. The molecule has 0 fully saturated rings. The highest BCUT2D eigenvalue weighted by Crippen LogP contribution is 2.17. The van der Waals surface area contributed by atoms with Gasteiger partial charge in [0, 0.05) is 18.0 Å². The lowest BCUT2D eigenvalue weighted by atomic mass is 10.2. The lowest BCUT2D eigenvalue weighted by Crippen LogP contribution is -2.32. The second-order valence-electron chi connectivity index (χ2n) is 5.69. The van der Waals surface area contributed by atoms with Gasteiger partial charge in [-0.15, -0.1) is 0 Å². The highest BCUT2D eigenvalue weighted by Gasteiger charge is 2.23. The number of hydrogen-bond donors (Lipinski definition) is 0. The van der Waals surface area contributed by atoms with Crippen LogP contribution in [0.3, 0.4) is 0 Å². The Bertz CT molecular complexity index is 1140. The Kier molecular flexibility index (Phi) is 5.36. The van der Waals surface area contributed by atoms with Crippen molar-refractivity contribution >= 4 is 15.9 Å². The molecule has 28 heavy (non-hydrogen) atoms. The first kappa shape index (κ1) is 19.4. The molecule has 1 heterocycles. The van der Waals surface area contributed by atoms with E-state index in [4.69, 9.17) is 9.47 Å². The number of aromatic nitrogens is 2. The van der Waals surface area contributed by atoms with Gasteiger partial charge < -0.3 is 9.47 Å². The molecule has 0 aliphatic rings. The van der Waals surface area contributed by atoms with Crippen LogP contribution in [0.2, 0.25) is 0 Å². The van der Waals surface area contributed by atoms with Gasteiger partial charge in [0.25, 0.3) is 15.9 Å². The van der Waals surface area contributed by atoms with Crippen molar-refractivity contribution in [2.45, 2.75) is 11.8 Å². The first-order chi connectivity index (χ1) is 13.4. The molecule has 9 heteroatoms. The van der Waals surface area contributed by atoms with Crippen LogP contribution < -0.4 is 15.2 Å². The predicted molar refractivity (Wildman–Crippen MR) is 102 cm³/mol. The van der Waals surface area contributed by atoms with Gasteiger partial charge in [0.1, 0.15) is 11.5 Å². The summed E-state index contributed by atoms with van der Waals surface area (Å²) >= 11 is 0. The van der Waals surface area contributed by atoms with Crippen LogP contribution in [0.4, 0.5) is 0 Å². The van der Waals surface area contributed by atoms with Crippen LogP contribution in [0, 0.1) is 0 Å². The maximum absolute atomic E-state index is 12.7. The van der Waals surface area contributed by atoms with E-state index in [1.807, 2.05) is 6.92 Å². The second kappa shape index (κ2) is 7.73. The molecule has 0 radical (unpaired) electrons. The van der Waals surface area contributed by atoms with Gasteiger partial charge in [-0.1, -0.05) is 0 Å². The molecule has 8 nitrogen and oxygen atoms in total. The van der Waals surface area contributed by atoms with Crippen molar-refractivity contribution in [3.05, 3.63) is 77.0 Å². The highest BCUT2D eigenvalue weighted by molar-refractivity contribution is 7.90. The smallest absolute Gasteiger partial charge is 0.349 e. The molecule has 0 aliphatic heterocycles. The molecule has 0 saturated carbocycles. The summed E-state index contributed by atoms with van der Waals surface area (Å²) in [6, 6.07) is 11.8. The fraction of sp³-hybridized carbons (Fsp3) is 0.158. The van der Waals surface area contributed by atoms with Gasteiger partial charge in [0.2, 0.25) is 0 Å². The van der Waals surface area contributed by atoms with Gasteiger partial charge >= 0.3 is 5.69 Å². The van der Waals surface area contributed by atoms with Crippen molar-refractivity contribution in [2.75, 3.05) is 13.7 Å². The minimum Gasteiger partial charge on any atom is -0.497 e. The van der Waals surface area contributed by atoms with E-state index in [0.717, 1.165) is 17.0 Å². The zero-order valence-electron chi connectivity index (χ0n) is 15.2. The summed E-state index contributed by atoms with van der Waals surface area (Å²) in [5.74, 6) is 0.428. The summed E-state index contributed by atoms with van der Waals surface area (Å²) in [4.78, 5) is 25.1. The Hall–Kier alpha value is -3.33. The number of benzene rings is 2. The van der Waals surface area contributed by atoms with Crippen LogP contribution >= 0.6 is 0 Å². The van der Waals surface area contributed by atoms with Gasteiger partial charge in [-0.05, 0) is 55.5 Å². The number of rotatable bonds is 6. The average Bonchev–Trinajstić information content (AvgIpc) is 3.10. The number of nitrogens with zero attached hydrogens (tertiary/aromatic N) is 2. The highest BCUT2D eigenvalue weighted by atomic mass is 32.2. The summed E-state index contributed by atoms with van der Waals surface area (Å²) in [6.07, 6.45) is 2.18. The predicted octanol–water partition coefficient (Wildman–Crippen LogP) is 1.98. The Balaban J connectivity index is 1.94. The van der Waals surface area contributed by atoms with Crippen LogP contribution in [0.25, 0.3) is 0 Å². The van der Waals surface area contributed by atoms with E-state index in [1.165, 1.54) is 43.5 Å². The number of methoxy groups -OCH3 is 1. The van der Waals surface area contributed by atoms with Crippen LogP contribution in [0.5, 0.6) is 11.5 Å². The van der Waals surface area contributed by atoms with Crippen molar-refractivity contribution in [2.24, 2.45) is 0 Å². The van der Waals surface area contributed by atoms with Crippen molar-refractivity contribution in [3.63, 3.8) is 0 Å². The molecular formula is C19H18N2O6S. The van der Waals surface area contributed by atoms with E-state index in [1.54, 1.807) is 12.1 Å². The van der Waals surface area contributed by atoms with Crippen LogP contribution in [0.15, 0.2) is 70.6 Å². The first-order valence-electron chi connectivity index (χ1n) is 8.35. The van der Waals surface area contributed by atoms with E-state index < -0.39 is 21.6 Å². The molecule has 0 unspecified atom stereocenters. The maximum Gasteiger partial charge on any atom is 0.349 e. The summed E-state index contributed by atoms with van der Waals surface area (Å²) in [5, 5.41) is 0. The molecule has 2 aromatic carbocycles.